The van der Waals surface area contributed by atoms with Gasteiger partial charge in [0.2, 0.25) is 0 Å². The number of aromatic nitrogens is 4. The van der Waals surface area contributed by atoms with Crippen LogP contribution in [0.5, 0.6) is 5.75 Å². The van der Waals surface area contributed by atoms with E-state index in [1.807, 2.05) is 0 Å². The molecule has 1 aromatic carbocycles. The molecule has 0 bridgehead atoms. The third-order valence-corrected chi connectivity index (χ3v) is 4.78. The number of nitrogens with one attached hydrogen (secondary N) is 1. The van der Waals surface area contributed by atoms with Crippen molar-refractivity contribution >= 4 is 34.5 Å². The summed E-state index contributed by atoms with van der Waals surface area (Å²) in [4.78, 5) is 13.1. The topological polar surface area (TPSA) is 120 Å². The minimum absolute atomic E-state index is 0.109. The van der Waals surface area contributed by atoms with Crippen LogP contribution in [0.3, 0.4) is 0 Å². The molecule has 154 valence electrons. The first-order valence-electron chi connectivity index (χ1n) is 9.08. The molecule has 10 heteroatoms. The van der Waals surface area contributed by atoms with E-state index in [0.717, 1.165) is 0 Å². The van der Waals surface area contributed by atoms with Crippen molar-refractivity contribution < 1.29 is 14.6 Å². The number of fused-ring (bicyclic) bond motifs is 1. The predicted molar refractivity (Wildman–Crippen MR) is 114 cm³/mol. The Morgan fingerprint density at radius 2 is 2.13 bits per heavy atom. The van der Waals surface area contributed by atoms with Gasteiger partial charge in [0, 0.05) is 23.0 Å². The largest absolute Gasteiger partial charge is 0.496 e. The number of pyridine rings is 1. The number of hydrogen-bond acceptors (Lipinski definition) is 6. The summed E-state index contributed by atoms with van der Waals surface area (Å²) >= 11 is 6.17. The Labute approximate surface area is 176 Å². The normalized spacial score (nSPS) is 11.0. The summed E-state index contributed by atoms with van der Waals surface area (Å²) in [6.07, 6.45) is 3.34. The molecule has 30 heavy (non-hydrogen) atoms. The zero-order valence-corrected chi connectivity index (χ0v) is 16.8. The molecule has 1 amide bonds. The van der Waals surface area contributed by atoms with E-state index in [9.17, 15) is 9.90 Å². The number of aliphatic hydroxyl groups excluding tert-OH is 1. The Morgan fingerprint density at radius 3 is 2.90 bits per heavy atom. The molecule has 0 saturated heterocycles. The molecule has 0 aliphatic carbocycles. The maximum atomic E-state index is 13.1. The number of benzene rings is 1. The van der Waals surface area contributed by atoms with Gasteiger partial charge in [-0.05, 0) is 30.3 Å². The van der Waals surface area contributed by atoms with Crippen LogP contribution in [0.4, 0.5) is 11.5 Å². The number of halogens is 1. The monoisotopic (exact) mass is 426 g/mol. The Kier molecular flexibility index (Phi) is 5.30. The van der Waals surface area contributed by atoms with Gasteiger partial charge in [-0.2, -0.15) is 5.10 Å². The third kappa shape index (κ3) is 3.56. The number of rotatable bonds is 6. The molecule has 0 aliphatic heterocycles. The molecule has 0 saturated carbocycles. The second-order valence-electron chi connectivity index (χ2n) is 6.47. The van der Waals surface area contributed by atoms with Gasteiger partial charge < -0.3 is 20.9 Å². The Balaban J connectivity index is 1.78. The number of hydrogen-bond donors (Lipinski definition) is 3. The minimum atomic E-state index is -0.431. The SMILES string of the molecule is COc1ccc(Cl)cc1-c1nn(CCO)cc1NC(=O)c1c(N)nn2ccccc12. The molecule has 3 heterocycles. The second-order valence-corrected chi connectivity index (χ2v) is 6.90. The standard InChI is InChI=1S/C20H19ClN6O3/c1-30-16-6-5-12(21)10-13(16)18-14(11-26(24-18)8-9-28)23-20(29)17-15-4-2-3-7-27(15)25-19(17)22/h2-7,10-11,28H,8-9H2,1H3,(H2,22,25)(H,23,29). The van der Waals surface area contributed by atoms with Crippen LogP contribution in [0.25, 0.3) is 16.8 Å². The first-order valence-corrected chi connectivity index (χ1v) is 9.46. The smallest absolute Gasteiger partial charge is 0.261 e. The number of ether oxygens (including phenoxy) is 1. The van der Waals surface area contributed by atoms with Crippen molar-refractivity contribution in [3.8, 4) is 17.0 Å². The van der Waals surface area contributed by atoms with Crippen molar-refractivity contribution in [2.24, 2.45) is 0 Å². The highest BCUT2D eigenvalue weighted by Crippen LogP contribution is 2.36. The molecule has 4 N–H and O–H groups in total. The van der Waals surface area contributed by atoms with Crippen LogP contribution in [0, 0.1) is 0 Å². The fourth-order valence-electron chi connectivity index (χ4n) is 3.23. The summed E-state index contributed by atoms with van der Waals surface area (Å²) < 4.78 is 8.50. The van der Waals surface area contributed by atoms with Crippen LogP contribution in [0.15, 0.2) is 48.8 Å². The molecular formula is C20H19ClN6O3. The van der Waals surface area contributed by atoms with Crippen LogP contribution in [-0.4, -0.2) is 44.1 Å². The van der Waals surface area contributed by atoms with E-state index in [1.54, 1.807) is 53.3 Å². The van der Waals surface area contributed by atoms with Gasteiger partial charge in [-0.15, -0.1) is 5.10 Å². The molecule has 0 fully saturated rings. The lowest BCUT2D eigenvalue weighted by Gasteiger charge is -2.09. The summed E-state index contributed by atoms with van der Waals surface area (Å²) in [5.74, 6) is 0.225. The lowest BCUT2D eigenvalue weighted by atomic mass is 10.1. The van der Waals surface area contributed by atoms with Gasteiger partial charge in [-0.25, -0.2) is 4.52 Å². The highest BCUT2D eigenvalue weighted by molar-refractivity contribution is 6.31. The Hall–Kier alpha value is -3.56. The van der Waals surface area contributed by atoms with E-state index >= 15 is 0 Å². The highest BCUT2D eigenvalue weighted by Gasteiger charge is 2.22. The molecule has 3 aromatic heterocycles. The summed E-state index contributed by atoms with van der Waals surface area (Å²) in [5.41, 5.74) is 8.30. The number of amides is 1. The molecular weight excluding hydrogens is 408 g/mol. The van der Waals surface area contributed by atoms with Crippen LogP contribution in [0.1, 0.15) is 10.4 Å². The van der Waals surface area contributed by atoms with Crippen LogP contribution in [-0.2, 0) is 6.54 Å². The van der Waals surface area contributed by atoms with Gasteiger partial charge in [-0.1, -0.05) is 17.7 Å². The van der Waals surface area contributed by atoms with Crippen LogP contribution < -0.4 is 15.8 Å². The number of nitrogen functional groups attached to an aromatic ring is 1. The maximum absolute atomic E-state index is 13.1. The summed E-state index contributed by atoms with van der Waals surface area (Å²) in [5, 5.41) is 21.3. The van der Waals surface area contributed by atoms with Gasteiger partial charge in [-0.3, -0.25) is 9.48 Å². The van der Waals surface area contributed by atoms with E-state index in [0.29, 0.717) is 33.2 Å². The highest BCUT2D eigenvalue weighted by atomic mass is 35.5. The lowest BCUT2D eigenvalue weighted by molar-refractivity contribution is 0.102. The summed E-state index contributed by atoms with van der Waals surface area (Å²) in [7, 11) is 1.54. The maximum Gasteiger partial charge on any atom is 0.261 e. The van der Waals surface area contributed by atoms with E-state index in [2.05, 4.69) is 15.5 Å². The fraction of sp³-hybridized carbons (Fsp3) is 0.150. The quantitative estimate of drug-likeness (QED) is 0.436. The van der Waals surface area contributed by atoms with Crippen molar-refractivity contribution in [2.75, 3.05) is 24.8 Å². The zero-order chi connectivity index (χ0) is 21.3. The van der Waals surface area contributed by atoms with Crippen LogP contribution in [0.2, 0.25) is 5.02 Å². The van der Waals surface area contributed by atoms with Gasteiger partial charge in [0.15, 0.2) is 5.82 Å². The molecule has 0 aliphatic rings. The number of carbonyl (C=O) groups is 1. The minimum Gasteiger partial charge on any atom is -0.496 e. The second kappa shape index (κ2) is 8.05. The molecule has 0 atom stereocenters. The number of methoxy groups -OCH3 is 1. The number of aliphatic hydroxyl groups is 1. The fourth-order valence-corrected chi connectivity index (χ4v) is 3.40. The summed E-state index contributed by atoms with van der Waals surface area (Å²) in [6.45, 7) is 0.146. The molecule has 4 rings (SSSR count). The average molecular weight is 427 g/mol. The van der Waals surface area contributed by atoms with E-state index in [4.69, 9.17) is 22.1 Å². The van der Waals surface area contributed by atoms with Gasteiger partial charge >= 0.3 is 0 Å². The van der Waals surface area contributed by atoms with Crippen molar-refractivity contribution in [3.05, 3.63) is 59.4 Å². The number of nitrogens with zero attached hydrogens (tertiary/aromatic N) is 4. The number of nitrogens with two attached hydrogens (primary N) is 1. The Morgan fingerprint density at radius 1 is 1.30 bits per heavy atom. The van der Waals surface area contributed by atoms with E-state index < -0.39 is 5.91 Å². The van der Waals surface area contributed by atoms with Gasteiger partial charge in [0.1, 0.15) is 17.0 Å². The first-order chi connectivity index (χ1) is 14.5. The lowest BCUT2D eigenvalue weighted by Crippen LogP contribution is -2.13. The van der Waals surface area contributed by atoms with E-state index in [1.165, 1.54) is 11.8 Å². The average Bonchev–Trinajstić information content (AvgIpc) is 3.27. The van der Waals surface area contributed by atoms with Crippen LogP contribution >= 0.6 is 11.6 Å². The molecule has 4 aromatic rings. The number of anilines is 2. The van der Waals surface area contributed by atoms with Crippen molar-refractivity contribution in [1.29, 1.82) is 0 Å². The van der Waals surface area contributed by atoms with Crippen molar-refractivity contribution in [2.45, 2.75) is 6.54 Å². The molecule has 0 radical (unpaired) electrons. The molecule has 0 spiro atoms. The van der Waals surface area contributed by atoms with Gasteiger partial charge in [0.25, 0.3) is 5.91 Å². The molecule has 9 nitrogen and oxygen atoms in total. The first kappa shape index (κ1) is 19.7. The van der Waals surface area contributed by atoms with E-state index in [-0.39, 0.29) is 24.5 Å². The molecule has 0 unspecified atom stereocenters. The van der Waals surface area contributed by atoms with Crippen molar-refractivity contribution in [1.82, 2.24) is 19.4 Å². The third-order valence-electron chi connectivity index (χ3n) is 4.55. The number of carbonyl (C=O) groups excluding carboxylic acids is 1. The Bertz CT molecular complexity index is 1230. The predicted octanol–water partition coefficient (Wildman–Crippen LogP) is 2.69. The van der Waals surface area contributed by atoms with Gasteiger partial charge in [0.05, 0.1) is 31.5 Å². The van der Waals surface area contributed by atoms with Crippen molar-refractivity contribution in [3.63, 3.8) is 0 Å². The zero-order valence-electron chi connectivity index (χ0n) is 16.0. The summed E-state index contributed by atoms with van der Waals surface area (Å²) in [6, 6.07) is 10.5.